The Morgan fingerprint density at radius 2 is 1.94 bits per heavy atom. The Kier molecular flexibility index (Phi) is 4.45. The van der Waals surface area contributed by atoms with Crippen LogP contribution in [0.2, 0.25) is 0 Å². The van der Waals surface area contributed by atoms with Crippen molar-refractivity contribution >= 4 is 0 Å². The summed E-state index contributed by atoms with van der Waals surface area (Å²) in [4.78, 5) is 0. The minimum absolute atomic E-state index is 0.553. The van der Waals surface area contributed by atoms with Crippen molar-refractivity contribution in [2.24, 2.45) is 11.3 Å². The highest BCUT2D eigenvalue weighted by Gasteiger charge is 2.31. The molecule has 0 heterocycles. The van der Waals surface area contributed by atoms with Crippen molar-refractivity contribution in [3.05, 3.63) is 35.9 Å². The molecule has 2 rings (SSSR count). The third kappa shape index (κ3) is 3.84. The Balaban J connectivity index is 1.74. The quantitative estimate of drug-likeness (QED) is 0.844. The molecule has 1 aliphatic carbocycles. The second-order valence-electron chi connectivity index (χ2n) is 6.68. The highest BCUT2D eigenvalue weighted by atomic mass is 14.9. The van der Waals surface area contributed by atoms with Crippen molar-refractivity contribution < 1.29 is 0 Å². The van der Waals surface area contributed by atoms with Crippen LogP contribution in [0.3, 0.4) is 0 Å². The van der Waals surface area contributed by atoms with Gasteiger partial charge in [-0.3, -0.25) is 0 Å². The highest BCUT2D eigenvalue weighted by molar-refractivity contribution is 5.14. The molecule has 0 amide bonds. The molecule has 1 saturated carbocycles. The van der Waals surface area contributed by atoms with E-state index >= 15 is 0 Å². The Labute approximate surface area is 112 Å². The van der Waals surface area contributed by atoms with E-state index in [0.29, 0.717) is 5.41 Å². The first-order chi connectivity index (χ1) is 8.57. The molecular formula is C17H27N. The molecule has 0 aromatic heterocycles. The summed E-state index contributed by atoms with van der Waals surface area (Å²) >= 11 is 0. The molecule has 1 nitrogen and oxygen atoms in total. The molecule has 0 saturated heterocycles. The van der Waals surface area contributed by atoms with E-state index in [1.807, 2.05) is 0 Å². The van der Waals surface area contributed by atoms with Gasteiger partial charge in [-0.2, -0.15) is 0 Å². The minimum atomic E-state index is 0.553. The van der Waals surface area contributed by atoms with Gasteiger partial charge in [0.05, 0.1) is 0 Å². The zero-order chi connectivity index (χ0) is 13.0. The molecule has 1 aromatic carbocycles. The normalized spacial score (nSPS) is 27.1. The van der Waals surface area contributed by atoms with E-state index in [1.165, 1.54) is 24.8 Å². The molecule has 0 bridgehead atoms. The van der Waals surface area contributed by atoms with E-state index in [1.54, 1.807) is 0 Å². The average molecular weight is 245 g/mol. The average Bonchev–Trinajstić information content (AvgIpc) is 2.33. The van der Waals surface area contributed by atoms with Crippen molar-refractivity contribution in [2.45, 2.75) is 52.5 Å². The van der Waals surface area contributed by atoms with E-state index in [2.05, 4.69) is 56.4 Å². The van der Waals surface area contributed by atoms with Crippen LogP contribution in [0.25, 0.3) is 0 Å². The van der Waals surface area contributed by atoms with Gasteiger partial charge in [-0.15, -0.1) is 0 Å². The first-order valence-corrected chi connectivity index (χ1v) is 7.34. The predicted octanol–water partition coefficient (Wildman–Crippen LogP) is 4.03. The number of nitrogens with one attached hydrogen (secondary N) is 1. The van der Waals surface area contributed by atoms with E-state index in [4.69, 9.17) is 0 Å². The smallest absolute Gasteiger partial charge is 0.00932 e. The lowest BCUT2D eigenvalue weighted by Crippen LogP contribution is -2.42. The second-order valence-corrected chi connectivity index (χ2v) is 6.68. The first kappa shape index (κ1) is 13.6. The van der Waals surface area contributed by atoms with E-state index in [0.717, 1.165) is 24.9 Å². The molecule has 0 spiro atoms. The second kappa shape index (κ2) is 5.88. The van der Waals surface area contributed by atoms with Gasteiger partial charge in [0.15, 0.2) is 0 Å². The molecular weight excluding hydrogens is 218 g/mol. The maximum Gasteiger partial charge on any atom is 0.00932 e. The van der Waals surface area contributed by atoms with Gasteiger partial charge in [0.25, 0.3) is 0 Å². The molecule has 18 heavy (non-hydrogen) atoms. The summed E-state index contributed by atoms with van der Waals surface area (Å²) in [5.74, 6) is 0.810. The van der Waals surface area contributed by atoms with Gasteiger partial charge in [-0.05, 0) is 49.1 Å². The fourth-order valence-corrected chi connectivity index (χ4v) is 3.30. The van der Waals surface area contributed by atoms with Gasteiger partial charge in [0.1, 0.15) is 0 Å². The highest BCUT2D eigenvalue weighted by Crippen LogP contribution is 2.38. The van der Waals surface area contributed by atoms with Gasteiger partial charge < -0.3 is 5.32 Å². The minimum Gasteiger partial charge on any atom is -0.313 e. The van der Waals surface area contributed by atoms with Gasteiger partial charge in [-0.1, -0.05) is 51.1 Å². The molecule has 1 fully saturated rings. The van der Waals surface area contributed by atoms with Crippen LogP contribution in [0, 0.1) is 11.3 Å². The summed E-state index contributed by atoms with van der Waals surface area (Å²) in [6, 6.07) is 11.5. The third-order valence-corrected chi connectivity index (χ3v) is 4.36. The maximum atomic E-state index is 3.76. The fourth-order valence-electron chi connectivity index (χ4n) is 3.30. The lowest BCUT2D eigenvalue weighted by molar-refractivity contribution is 0.149. The van der Waals surface area contributed by atoms with Crippen molar-refractivity contribution in [1.82, 2.24) is 5.32 Å². The number of rotatable bonds is 4. The number of benzene rings is 1. The van der Waals surface area contributed by atoms with E-state index in [9.17, 15) is 0 Å². The van der Waals surface area contributed by atoms with E-state index in [-0.39, 0.29) is 0 Å². The maximum absolute atomic E-state index is 3.76. The largest absolute Gasteiger partial charge is 0.313 e. The third-order valence-electron chi connectivity index (χ3n) is 4.36. The van der Waals surface area contributed by atoms with E-state index < -0.39 is 0 Å². The topological polar surface area (TPSA) is 12.0 Å². The summed E-state index contributed by atoms with van der Waals surface area (Å²) in [7, 11) is 0. The predicted molar refractivity (Wildman–Crippen MR) is 78.7 cm³/mol. The molecule has 0 radical (unpaired) electrons. The Hall–Kier alpha value is -0.820. The number of hydrogen-bond acceptors (Lipinski definition) is 1. The van der Waals surface area contributed by atoms with Crippen LogP contribution in [0.4, 0.5) is 0 Å². The molecule has 0 aliphatic heterocycles. The van der Waals surface area contributed by atoms with Crippen LogP contribution >= 0.6 is 0 Å². The van der Waals surface area contributed by atoms with Crippen LogP contribution in [-0.4, -0.2) is 12.6 Å². The van der Waals surface area contributed by atoms with Crippen molar-refractivity contribution in [3.8, 4) is 0 Å². The molecule has 2 unspecified atom stereocenters. The Morgan fingerprint density at radius 3 is 2.61 bits per heavy atom. The molecule has 1 aliphatic rings. The van der Waals surface area contributed by atoms with Crippen LogP contribution < -0.4 is 5.32 Å². The van der Waals surface area contributed by atoms with Gasteiger partial charge in [0, 0.05) is 6.04 Å². The lowest BCUT2D eigenvalue weighted by Gasteiger charge is -2.39. The summed E-state index contributed by atoms with van der Waals surface area (Å²) in [5, 5.41) is 3.76. The zero-order valence-electron chi connectivity index (χ0n) is 12.1. The van der Waals surface area contributed by atoms with Crippen LogP contribution in [0.1, 0.15) is 45.6 Å². The summed E-state index contributed by atoms with van der Waals surface area (Å²) in [6.07, 6.45) is 5.20. The monoisotopic (exact) mass is 245 g/mol. The Morgan fingerprint density at radius 1 is 1.22 bits per heavy atom. The SMILES string of the molecule is CC1CC(C)(C)CCC1NCCc1ccccc1. The first-order valence-electron chi connectivity index (χ1n) is 7.34. The zero-order valence-corrected chi connectivity index (χ0v) is 12.1. The summed E-state index contributed by atoms with van der Waals surface area (Å²) < 4.78 is 0. The van der Waals surface area contributed by atoms with Gasteiger partial charge in [-0.25, -0.2) is 0 Å². The standard InChI is InChI=1S/C17H27N/c1-14-13-17(2,3)11-9-16(14)18-12-10-15-7-5-4-6-8-15/h4-8,14,16,18H,9-13H2,1-3H3. The fraction of sp³-hybridized carbons (Fsp3) is 0.647. The lowest BCUT2D eigenvalue weighted by atomic mass is 9.70. The van der Waals surface area contributed by atoms with Crippen molar-refractivity contribution in [2.75, 3.05) is 6.54 Å². The summed E-state index contributed by atoms with van der Waals surface area (Å²) in [6.45, 7) is 8.33. The molecule has 1 N–H and O–H groups in total. The van der Waals surface area contributed by atoms with Crippen molar-refractivity contribution in [1.29, 1.82) is 0 Å². The Bertz CT molecular complexity index is 355. The molecule has 2 atom stereocenters. The molecule has 100 valence electrons. The van der Waals surface area contributed by atoms with Gasteiger partial charge >= 0.3 is 0 Å². The van der Waals surface area contributed by atoms with Crippen LogP contribution in [0.15, 0.2) is 30.3 Å². The summed E-state index contributed by atoms with van der Waals surface area (Å²) in [5.41, 5.74) is 1.99. The van der Waals surface area contributed by atoms with Gasteiger partial charge in [0.2, 0.25) is 0 Å². The van der Waals surface area contributed by atoms with Crippen molar-refractivity contribution in [3.63, 3.8) is 0 Å². The van der Waals surface area contributed by atoms with Crippen LogP contribution in [0.5, 0.6) is 0 Å². The molecule has 1 heteroatoms. The molecule has 1 aromatic rings. The van der Waals surface area contributed by atoms with Crippen LogP contribution in [-0.2, 0) is 6.42 Å². The number of hydrogen-bond donors (Lipinski definition) is 1.